The maximum absolute atomic E-state index is 12.7. The summed E-state index contributed by atoms with van der Waals surface area (Å²) in [5.41, 5.74) is 1.78. The molecule has 2 heterocycles. The number of aromatic nitrogens is 5. The Morgan fingerprint density at radius 1 is 1.12 bits per heavy atom. The Hall–Kier alpha value is -3.30. The number of carbonyl (C=O) groups excluding carboxylic acids is 1. The lowest BCUT2D eigenvalue weighted by atomic mass is 10.2. The maximum atomic E-state index is 12.7. The number of methoxy groups -OCH3 is 1. The summed E-state index contributed by atoms with van der Waals surface area (Å²) in [6.07, 6.45) is 1.65. The van der Waals surface area contributed by atoms with Gasteiger partial charge in [-0.2, -0.15) is 5.10 Å². The minimum Gasteiger partial charge on any atom is -0.496 e. The van der Waals surface area contributed by atoms with Gasteiger partial charge in [-0.1, -0.05) is 53.7 Å². The molecule has 1 amide bonds. The zero-order valence-corrected chi connectivity index (χ0v) is 19.8. The largest absolute Gasteiger partial charge is 0.496 e. The maximum Gasteiger partial charge on any atom is 0.235 e. The Morgan fingerprint density at radius 2 is 1.91 bits per heavy atom. The molecule has 0 spiro atoms. The van der Waals surface area contributed by atoms with Crippen molar-refractivity contribution in [3.05, 3.63) is 71.4 Å². The van der Waals surface area contributed by atoms with Gasteiger partial charge in [0.25, 0.3) is 0 Å². The van der Waals surface area contributed by atoms with Crippen molar-refractivity contribution in [1.29, 1.82) is 0 Å². The van der Waals surface area contributed by atoms with Crippen molar-refractivity contribution in [2.75, 3.05) is 18.2 Å². The molecule has 2 aromatic heterocycles. The summed E-state index contributed by atoms with van der Waals surface area (Å²) in [5, 5.41) is 17.2. The number of nitrogens with zero attached hydrogens (tertiary/aromatic N) is 5. The number of halogens is 1. The van der Waals surface area contributed by atoms with E-state index in [0.29, 0.717) is 34.9 Å². The molecule has 0 aliphatic heterocycles. The van der Waals surface area contributed by atoms with E-state index in [1.54, 1.807) is 24.1 Å². The van der Waals surface area contributed by atoms with Gasteiger partial charge in [-0.25, -0.2) is 4.68 Å². The lowest BCUT2D eigenvalue weighted by Crippen LogP contribution is -2.18. The third-order valence-electron chi connectivity index (χ3n) is 4.98. The summed E-state index contributed by atoms with van der Waals surface area (Å²) < 4.78 is 9.13. The fourth-order valence-electron chi connectivity index (χ4n) is 3.37. The zero-order valence-electron chi connectivity index (χ0n) is 18.2. The van der Waals surface area contributed by atoms with E-state index in [9.17, 15) is 4.79 Å². The highest BCUT2D eigenvalue weighted by atomic mass is 35.5. The number of rotatable bonds is 9. The molecule has 10 heteroatoms. The standard InChI is InChI=1S/C23H23ClN6O2S/c1-3-29-22(17-9-5-7-11-19(17)32-2)27-28-23(29)33-15-21(31)26-20-12-13-25-30(20)14-16-8-4-6-10-18(16)24/h4-13H,3,14-15H2,1-2H3,(H,26,31). The van der Waals surface area contributed by atoms with Gasteiger partial charge in [0, 0.05) is 17.6 Å². The highest BCUT2D eigenvalue weighted by Crippen LogP contribution is 2.30. The van der Waals surface area contributed by atoms with E-state index in [4.69, 9.17) is 16.3 Å². The second-order valence-electron chi connectivity index (χ2n) is 7.05. The number of hydrogen-bond donors (Lipinski definition) is 1. The van der Waals surface area contributed by atoms with Crippen LogP contribution in [-0.2, 0) is 17.9 Å². The zero-order chi connectivity index (χ0) is 23.2. The van der Waals surface area contributed by atoms with Crippen molar-refractivity contribution in [2.45, 2.75) is 25.2 Å². The van der Waals surface area contributed by atoms with Gasteiger partial charge in [0.15, 0.2) is 11.0 Å². The lowest BCUT2D eigenvalue weighted by Gasteiger charge is -2.11. The Labute approximate surface area is 200 Å². The van der Waals surface area contributed by atoms with Crippen molar-refractivity contribution in [3.63, 3.8) is 0 Å². The number of hydrogen-bond acceptors (Lipinski definition) is 6. The summed E-state index contributed by atoms with van der Waals surface area (Å²) in [7, 11) is 1.63. The molecule has 0 saturated heterocycles. The predicted molar refractivity (Wildman–Crippen MR) is 130 cm³/mol. The number of anilines is 1. The van der Waals surface area contributed by atoms with Gasteiger partial charge in [0.2, 0.25) is 5.91 Å². The SMILES string of the molecule is CCn1c(SCC(=O)Nc2ccnn2Cc2ccccc2Cl)nnc1-c1ccccc1OC. The molecule has 8 nitrogen and oxygen atoms in total. The van der Waals surface area contributed by atoms with Crippen LogP contribution in [-0.4, -0.2) is 43.3 Å². The van der Waals surface area contributed by atoms with Gasteiger partial charge in [0.05, 0.1) is 31.2 Å². The van der Waals surface area contributed by atoms with Gasteiger partial charge in [-0.15, -0.1) is 10.2 Å². The van der Waals surface area contributed by atoms with Crippen LogP contribution in [0.15, 0.2) is 66.0 Å². The van der Waals surface area contributed by atoms with Crippen LogP contribution in [0.2, 0.25) is 5.02 Å². The molecule has 0 atom stereocenters. The first kappa shape index (κ1) is 22.9. The van der Waals surface area contributed by atoms with Crippen molar-refractivity contribution in [3.8, 4) is 17.1 Å². The number of nitrogens with one attached hydrogen (secondary N) is 1. The van der Waals surface area contributed by atoms with Gasteiger partial charge < -0.3 is 14.6 Å². The molecular formula is C23H23ClN6O2S. The first-order valence-electron chi connectivity index (χ1n) is 10.3. The summed E-state index contributed by atoms with van der Waals surface area (Å²) in [4.78, 5) is 12.7. The molecule has 0 aliphatic carbocycles. The molecule has 2 aromatic carbocycles. The number of benzene rings is 2. The number of amides is 1. The average Bonchev–Trinajstić information content (AvgIpc) is 3.45. The van der Waals surface area contributed by atoms with E-state index >= 15 is 0 Å². The monoisotopic (exact) mass is 482 g/mol. The molecule has 0 aliphatic rings. The molecule has 0 saturated carbocycles. The molecule has 33 heavy (non-hydrogen) atoms. The van der Waals surface area contributed by atoms with Crippen molar-refractivity contribution >= 4 is 35.1 Å². The third kappa shape index (κ3) is 5.20. The van der Waals surface area contributed by atoms with E-state index in [-0.39, 0.29) is 11.7 Å². The van der Waals surface area contributed by atoms with Crippen LogP contribution in [0.25, 0.3) is 11.4 Å². The van der Waals surface area contributed by atoms with Crippen molar-refractivity contribution in [2.24, 2.45) is 0 Å². The van der Waals surface area contributed by atoms with E-state index in [1.807, 2.05) is 60.0 Å². The predicted octanol–water partition coefficient (Wildman–Crippen LogP) is 4.60. The minimum absolute atomic E-state index is 0.162. The van der Waals surface area contributed by atoms with Gasteiger partial charge in [0.1, 0.15) is 11.6 Å². The van der Waals surface area contributed by atoms with Crippen molar-refractivity contribution < 1.29 is 9.53 Å². The number of ether oxygens (including phenoxy) is 1. The number of thioether (sulfide) groups is 1. The van der Waals surface area contributed by atoms with Crippen LogP contribution in [0, 0.1) is 0 Å². The number of carbonyl (C=O) groups is 1. The van der Waals surface area contributed by atoms with Crippen LogP contribution < -0.4 is 10.1 Å². The van der Waals surface area contributed by atoms with E-state index in [1.165, 1.54) is 11.8 Å². The van der Waals surface area contributed by atoms with Crippen LogP contribution >= 0.6 is 23.4 Å². The van der Waals surface area contributed by atoms with Crippen LogP contribution in [0.3, 0.4) is 0 Å². The van der Waals surface area contributed by atoms with E-state index < -0.39 is 0 Å². The molecule has 0 bridgehead atoms. The Balaban J connectivity index is 1.43. The smallest absolute Gasteiger partial charge is 0.235 e. The van der Waals surface area contributed by atoms with Crippen molar-refractivity contribution in [1.82, 2.24) is 24.5 Å². The summed E-state index contributed by atoms with van der Waals surface area (Å²) in [6.45, 7) is 3.14. The summed E-state index contributed by atoms with van der Waals surface area (Å²) >= 11 is 7.58. The van der Waals surface area contributed by atoms with Crippen LogP contribution in [0.5, 0.6) is 5.75 Å². The summed E-state index contributed by atoms with van der Waals surface area (Å²) in [5.74, 6) is 2.05. The van der Waals surface area contributed by atoms with E-state index in [0.717, 1.165) is 16.9 Å². The molecule has 0 radical (unpaired) electrons. The molecule has 0 fully saturated rings. The first-order valence-corrected chi connectivity index (χ1v) is 11.7. The highest BCUT2D eigenvalue weighted by molar-refractivity contribution is 7.99. The molecule has 170 valence electrons. The topological polar surface area (TPSA) is 86.9 Å². The van der Waals surface area contributed by atoms with Crippen LogP contribution in [0.4, 0.5) is 5.82 Å². The lowest BCUT2D eigenvalue weighted by molar-refractivity contribution is -0.113. The fraction of sp³-hybridized carbons (Fsp3) is 0.217. The van der Waals surface area contributed by atoms with Gasteiger partial charge >= 0.3 is 0 Å². The Bertz CT molecular complexity index is 1260. The first-order chi connectivity index (χ1) is 16.1. The molecule has 4 rings (SSSR count). The second kappa shape index (κ2) is 10.5. The average molecular weight is 483 g/mol. The summed E-state index contributed by atoms with van der Waals surface area (Å²) in [6, 6.07) is 17.0. The quantitative estimate of drug-likeness (QED) is 0.351. The van der Waals surface area contributed by atoms with E-state index in [2.05, 4.69) is 20.6 Å². The van der Waals surface area contributed by atoms with Crippen LogP contribution in [0.1, 0.15) is 12.5 Å². The number of para-hydroxylation sites is 1. The third-order valence-corrected chi connectivity index (χ3v) is 6.31. The molecule has 0 unspecified atom stereocenters. The fourth-order valence-corrected chi connectivity index (χ4v) is 4.37. The second-order valence-corrected chi connectivity index (χ2v) is 8.40. The van der Waals surface area contributed by atoms with Gasteiger partial charge in [-0.05, 0) is 30.7 Å². The normalized spacial score (nSPS) is 10.9. The molecule has 1 N–H and O–H groups in total. The Kier molecular flexibility index (Phi) is 7.31. The molecule has 4 aromatic rings. The van der Waals surface area contributed by atoms with Gasteiger partial charge in [-0.3, -0.25) is 4.79 Å². The highest BCUT2D eigenvalue weighted by Gasteiger charge is 2.18. The Morgan fingerprint density at radius 3 is 2.70 bits per heavy atom. The minimum atomic E-state index is -0.162. The molecular weight excluding hydrogens is 460 g/mol.